The van der Waals surface area contributed by atoms with Crippen molar-refractivity contribution >= 4 is 54.6 Å². The first kappa shape index (κ1) is 44.2. The molecule has 8 heteroatoms. The summed E-state index contributed by atoms with van der Waals surface area (Å²) in [7, 11) is 0. The molecule has 1 N–H and O–H groups in total. The van der Waals surface area contributed by atoms with Crippen molar-refractivity contribution in [3.63, 3.8) is 0 Å². The van der Waals surface area contributed by atoms with Gasteiger partial charge in [-0.25, -0.2) is 0 Å². The summed E-state index contributed by atoms with van der Waals surface area (Å²) in [4.78, 5) is 8.00. The van der Waals surface area contributed by atoms with Crippen molar-refractivity contribution in [3.05, 3.63) is 0 Å². The Morgan fingerprint density at radius 1 is 1.44 bits per heavy atom. The molecule has 0 saturated carbocycles. The van der Waals surface area contributed by atoms with Crippen LogP contribution >= 0.6 is 24.7 Å². The number of carbonyl (C=O) groups is 1. The molecule has 0 saturated heterocycles. The third kappa shape index (κ3) is 165. The average Bonchev–Trinajstić information content (AvgIpc) is 1.46. The van der Waals surface area contributed by atoms with Crippen molar-refractivity contribution in [1.29, 1.82) is 0 Å². The van der Waals surface area contributed by atoms with Gasteiger partial charge >= 0.3 is 52.6 Å². The van der Waals surface area contributed by atoms with Crippen molar-refractivity contribution in [2.24, 2.45) is 0 Å². The zero-order chi connectivity index (χ0) is 4.71. The van der Waals surface area contributed by atoms with Gasteiger partial charge in [-0.05, 0) is 0 Å². The number of halogens is 1. The molecule has 48 valence electrons. The van der Waals surface area contributed by atoms with Crippen molar-refractivity contribution in [1.82, 2.24) is 0 Å². The van der Waals surface area contributed by atoms with Crippen LogP contribution in [0.3, 0.4) is 0 Å². The van der Waals surface area contributed by atoms with Gasteiger partial charge in [0.1, 0.15) is 6.79 Å². The smallest absolute Gasteiger partial charge is 2.00 e. The van der Waals surface area contributed by atoms with Gasteiger partial charge in [0.05, 0.1) is 0 Å². The molecule has 0 aromatic rings. The molecule has 0 radical (unpaired) electrons. The summed E-state index contributed by atoms with van der Waals surface area (Å²) in [6, 6.07) is 0. The van der Waals surface area contributed by atoms with E-state index in [2.05, 4.69) is 0 Å². The average molecular weight is 195 g/mol. The van der Waals surface area contributed by atoms with Gasteiger partial charge in [-0.15, -0.1) is 24.7 Å². The van der Waals surface area contributed by atoms with E-state index in [0.717, 1.165) is 0 Å². The Balaban J connectivity index is -0.00000000357. The Kier molecular flexibility index (Phi) is 449. The van der Waals surface area contributed by atoms with Gasteiger partial charge in [0, 0.05) is 0 Å². The van der Waals surface area contributed by atoms with E-state index in [9.17, 15) is 0 Å². The van der Waals surface area contributed by atoms with Crippen LogP contribution in [0.5, 0.6) is 0 Å². The van der Waals surface area contributed by atoms with Gasteiger partial charge in [0.15, 0.2) is 0 Å². The summed E-state index contributed by atoms with van der Waals surface area (Å²) in [6.45, 7) is 2.00. The van der Waals surface area contributed by atoms with Crippen LogP contribution in [0.2, 0.25) is 0 Å². The van der Waals surface area contributed by atoms with E-state index < -0.39 is 12.3 Å². The molecule has 0 bridgehead atoms. The molecular weight excluding hydrogens is 191 g/mol. The standard InChI is InChI=1S/CH2O.ClH.Mg.Na.H2O2S.O/c1-2;;;;1-3-2;/h1H2;1H;;;1-2H;/q;;+2;+1;;-2/p-1. The first-order valence-corrected chi connectivity index (χ1v) is 1.34. The van der Waals surface area contributed by atoms with Crippen LogP contribution in [-0.4, -0.2) is 38.9 Å². The topological polar surface area (TPSA) is 88.9 Å². The van der Waals surface area contributed by atoms with Crippen LogP contribution in [0, 0.1) is 0 Å². The molecule has 0 heterocycles. The molecule has 9 heavy (non-hydrogen) atoms. The van der Waals surface area contributed by atoms with Crippen LogP contribution in [0.25, 0.3) is 0 Å². The Labute approximate surface area is 102 Å². The van der Waals surface area contributed by atoms with E-state index in [-0.39, 0.29) is 70.5 Å². The summed E-state index contributed by atoms with van der Waals surface area (Å²) < 4.78 is 15.3. The van der Waals surface area contributed by atoms with Gasteiger partial charge in [0.25, 0.3) is 0 Å². The molecule has 0 aromatic carbocycles. The van der Waals surface area contributed by atoms with E-state index in [1.807, 2.05) is 6.79 Å². The second-order valence-electron chi connectivity index (χ2n) is 0.0745. The first-order chi connectivity index (χ1) is 2.41. The van der Waals surface area contributed by atoms with Crippen LogP contribution in [0.15, 0.2) is 0 Å². The maximum Gasteiger partial charge on any atom is 2.00 e. The Morgan fingerprint density at radius 3 is 1.44 bits per heavy atom. The number of rotatable bonds is 0. The molecule has 0 aromatic heterocycles. The normalized spacial score (nSPS) is 2.44. The molecule has 0 unspecified atom stereocenters. The summed E-state index contributed by atoms with van der Waals surface area (Å²) in [6.07, 6.45) is 0. The van der Waals surface area contributed by atoms with E-state index in [1.165, 1.54) is 0 Å². The van der Waals surface area contributed by atoms with Crippen LogP contribution < -0.4 is 29.6 Å². The molecule has 0 atom stereocenters. The number of hydrogen-bond acceptors (Lipinski definition) is 4. The maximum absolute atomic E-state index is 8.40. The SMILES string of the molecule is C=O.Cl.[Mg+2].[Na+].[O-2].[O-]SO. The predicted molar refractivity (Wildman–Crippen MR) is 31.8 cm³/mol. The van der Waals surface area contributed by atoms with E-state index in [1.54, 1.807) is 0 Å². The van der Waals surface area contributed by atoms with E-state index >= 15 is 0 Å². The zero-order valence-corrected chi connectivity index (χ0v) is 9.95. The minimum Gasteiger partial charge on any atom is -2.00 e. The van der Waals surface area contributed by atoms with Crippen LogP contribution in [0.4, 0.5) is 0 Å². The molecule has 0 amide bonds. The van der Waals surface area contributed by atoms with Gasteiger partial charge in [-0.3, -0.25) is 0 Å². The first-order valence-electron chi connectivity index (χ1n) is 0.638. The summed E-state index contributed by atoms with van der Waals surface area (Å²) in [5, 5.41) is 0. The molecule has 0 aliphatic carbocycles. The number of hydrogen-bond donors (Lipinski definition) is 1. The Hall–Kier alpha value is 1.96. The van der Waals surface area contributed by atoms with Crippen molar-refractivity contribution in [3.8, 4) is 0 Å². The maximum atomic E-state index is 8.40. The summed E-state index contributed by atoms with van der Waals surface area (Å²) in [5.74, 6) is 0. The van der Waals surface area contributed by atoms with Gasteiger partial charge in [-0.1, -0.05) is 0 Å². The molecular formula is CH4ClMgNaO4S. The zero-order valence-electron chi connectivity index (χ0n) is 4.90. The monoisotopic (exact) mass is 194 g/mol. The third-order valence-corrected chi connectivity index (χ3v) is 0. The second-order valence-corrected chi connectivity index (χ2v) is 0.224. The minimum atomic E-state index is -0.500. The predicted octanol–water partition coefficient (Wildman–Crippen LogP) is -2.94. The minimum absolute atomic E-state index is 0. The fourth-order valence-electron chi connectivity index (χ4n) is 0. The number of carbonyl (C=O) groups excluding carboxylic acids is 1. The van der Waals surface area contributed by atoms with Crippen LogP contribution in [0.1, 0.15) is 0 Å². The van der Waals surface area contributed by atoms with E-state index in [0.29, 0.717) is 0 Å². The van der Waals surface area contributed by atoms with Gasteiger partial charge in [-0.2, -0.15) is 0 Å². The summed E-state index contributed by atoms with van der Waals surface area (Å²) >= 11 is -0.500. The van der Waals surface area contributed by atoms with Crippen molar-refractivity contribution in [2.45, 2.75) is 0 Å². The quantitative estimate of drug-likeness (QED) is 0.330. The fourth-order valence-corrected chi connectivity index (χ4v) is 0. The largest absolute Gasteiger partial charge is 2.00 e. The Morgan fingerprint density at radius 2 is 1.44 bits per heavy atom. The summed E-state index contributed by atoms with van der Waals surface area (Å²) in [5.41, 5.74) is 0. The molecule has 0 aliphatic rings. The van der Waals surface area contributed by atoms with Crippen molar-refractivity contribution < 1.29 is 48.9 Å². The molecule has 0 rings (SSSR count). The van der Waals surface area contributed by atoms with E-state index in [4.69, 9.17) is 13.9 Å². The third-order valence-electron chi connectivity index (χ3n) is 0. The Bertz CT molecular complexity index is 24.5. The fraction of sp³-hybridized carbons (Fsp3) is 0. The molecule has 0 fully saturated rings. The van der Waals surface area contributed by atoms with Gasteiger partial charge < -0.3 is 19.4 Å². The molecule has 4 nitrogen and oxygen atoms in total. The molecule has 0 aliphatic heterocycles. The second kappa shape index (κ2) is 91.4. The molecule has 0 spiro atoms. The van der Waals surface area contributed by atoms with Gasteiger partial charge in [0.2, 0.25) is 0 Å². The van der Waals surface area contributed by atoms with Crippen molar-refractivity contribution in [2.75, 3.05) is 0 Å². The van der Waals surface area contributed by atoms with Crippen LogP contribution in [-0.2, 0) is 10.3 Å².